The lowest BCUT2D eigenvalue weighted by atomic mass is 10.1. The molecule has 1 N–H and O–H groups in total. The Morgan fingerprint density at radius 1 is 1.21 bits per heavy atom. The van der Waals surface area contributed by atoms with Gasteiger partial charge in [0.25, 0.3) is 5.91 Å². The molecular weight excluding hydrogens is 195 g/mol. The molecule has 0 aliphatic heterocycles. The minimum absolute atomic E-state index is 0.209. The van der Waals surface area contributed by atoms with Crippen LogP contribution in [0.25, 0.3) is 0 Å². The minimum Gasteiger partial charge on any atom is -0.355 e. The van der Waals surface area contributed by atoms with Crippen LogP contribution in [0.4, 0.5) is 13.2 Å². The Labute approximate surface area is 78.7 Å². The van der Waals surface area contributed by atoms with Gasteiger partial charge in [0.05, 0.1) is 5.56 Å². The SMILES string of the molecule is CNC(=O)c1ccc(C(F)(F)F)cc1. The van der Waals surface area contributed by atoms with Crippen molar-refractivity contribution in [2.45, 2.75) is 6.18 Å². The Bertz CT molecular complexity index is 329. The molecule has 5 heteroatoms. The zero-order valence-corrected chi connectivity index (χ0v) is 7.35. The van der Waals surface area contributed by atoms with Crippen molar-refractivity contribution in [1.82, 2.24) is 5.32 Å². The first kappa shape index (κ1) is 10.6. The highest BCUT2D eigenvalue weighted by atomic mass is 19.4. The van der Waals surface area contributed by atoms with E-state index >= 15 is 0 Å². The van der Waals surface area contributed by atoms with Crippen LogP contribution in [0.3, 0.4) is 0 Å². The van der Waals surface area contributed by atoms with E-state index < -0.39 is 17.6 Å². The fourth-order valence-electron chi connectivity index (χ4n) is 0.955. The largest absolute Gasteiger partial charge is 0.416 e. The Hall–Kier alpha value is -1.52. The molecule has 76 valence electrons. The number of benzene rings is 1. The summed E-state index contributed by atoms with van der Waals surface area (Å²) < 4.78 is 36.3. The van der Waals surface area contributed by atoms with Crippen molar-refractivity contribution in [3.05, 3.63) is 35.4 Å². The maximum Gasteiger partial charge on any atom is 0.416 e. The number of hydrogen-bond donors (Lipinski definition) is 1. The molecule has 1 rings (SSSR count). The van der Waals surface area contributed by atoms with Gasteiger partial charge in [-0.05, 0) is 24.3 Å². The second-order valence-electron chi connectivity index (χ2n) is 2.65. The standard InChI is InChI=1S/C9H8F3NO/c1-13-8(14)6-2-4-7(5-3-6)9(10,11)12/h2-5H,1H3,(H,13,14). The van der Waals surface area contributed by atoms with E-state index in [4.69, 9.17) is 0 Å². The summed E-state index contributed by atoms with van der Waals surface area (Å²) in [6, 6.07) is 4.04. The average molecular weight is 203 g/mol. The molecule has 0 bridgehead atoms. The van der Waals surface area contributed by atoms with Crippen LogP contribution >= 0.6 is 0 Å². The van der Waals surface area contributed by atoms with Gasteiger partial charge in [-0.25, -0.2) is 0 Å². The van der Waals surface area contributed by atoms with E-state index in [1.807, 2.05) is 0 Å². The lowest BCUT2D eigenvalue weighted by Crippen LogP contribution is -2.17. The van der Waals surface area contributed by atoms with Gasteiger partial charge < -0.3 is 5.32 Å². The van der Waals surface area contributed by atoms with Gasteiger partial charge >= 0.3 is 6.18 Å². The molecule has 0 saturated carbocycles. The Balaban J connectivity index is 2.95. The van der Waals surface area contributed by atoms with Gasteiger partial charge in [0.2, 0.25) is 0 Å². The van der Waals surface area contributed by atoms with Crippen LogP contribution in [-0.4, -0.2) is 13.0 Å². The quantitative estimate of drug-likeness (QED) is 0.743. The van der Waals surface area contributed by atoms with Crippen LogP contribution in [0.2, 0.25) is 0 Å². The third-order valence-electron chi connectivity index (χ3n) is 1.70. The summed E-state index contributed by atoms with van der Waals surface area (Å²) in [5, 5.41) is 2.32. The van der Waals surface area contributed by atoms with Crippen LogP contribution in [0, 0.1) is 0 Å². The van der Waals surface area contributed by atoms with Crippen molar-refractivity contribution >= 4 is 5.91 Å². The highest BCUT2D eigenvalue weighted by molar-refractivity contribution is 5.93. The topological polar surface area (TPSA) is 29.1 Å². The molecule has 1 aromatic rings. The van der Waals surface area contributed by atoms with Crippen LogP contribution < -0.4 is 5.32 Å². The van der Waals surface area contributed by atoms with Crippen molar-refractivity contribution in [3.63, 3.8) is 0 Å². The van der Waals surface area contributed by atoms with E-state index in [0.717, 1.165) is 24.3 Å². The number of carbonyl (C=O) groups excluding carboxylic acids is 1. The normalized spacial score (nSPS) is 11.1. The number of halogens is 3. The van der Waals surface area contributed by atoms with Gasteiger partial charge in [0.1, 0.15) is 0 Å². The number of amides is 1. The minimum atomic E-state index is -4.36. The Morgan fingerprint density at radius 3 is 2.07 bits per heavy atom. The monoisotopic (exact) mass is 203 g/mol. The van der Waals surface area contributed by atoms with E-state index in [1.165, 1.54) is 7.05 Å². The number of alkyl halides is 3. The van der Waals surface area contributed by atoms with E-state index in [1.54, 1.807) is 0 Å². The molecule has 0 aliphatic carbocycles. The van der Waals surface area contributed by atoms with Gasteiger partial charge in [-0.15, -0.1) is 0 Å². The van der Waals surface area contributed by atoms with Crippen LogP contribution in [0.5, 0.6) is 0 Å². The highest BCUT2D eigenvalue weighted by Crippen LogP contribution is 2.28. The van der Waals surface area contributed by atoms with Crippen molar-refractivity contribution in [2.24, 2.45) is 0 Å². The molecule has 1 aromatic carbocycles. The average Bonchev–Trinajstić information content (AvgIpc) is 2.15. The predicted octanol–water partition coefficient (Wildman–Crippen LogP) is 2.06. The molecule has 0 aliphatic rings. The third-order valence-corrected chi connectivity index (χ3v) is 1.70. The van der Waals surface area contributed by atoms with E-state index in [2.05, 4.69) is 5.32 Å². The molecule has 2 nitrogen and oxygen atoms in total. The van der Waals surface area contributed by atoms with Crippen LogP contribution in [0.15, 0.2) is 24.3 Å². The summed E-state index contributed by atoms with van der Waals surface area (Å²) in [6.45, 7) is 0. The zero-order valence-electron chi connectivity index (χ0n) is 7.35. The molecular formula is C9H8F3NO. The van der Waals surface area contributed by atoms with Gasteiger partial charge in [-0.1, -0.05) is 0 Å². The van der Waals surface area contributed by atoms with E-state index in [9.17, 15) is 18.0 Å². The first-order chi connectivity index (χ1) is 6.45. The summed E-state index contributed by atoms with van der Waals surface area (Å²) >= 11 is 0. The first-order valence-electron chi connectivity index (χ1n) is 3.84. The van der Waals surface area contributed by atoms with Gasteiger partial charge in [-0.3, -0.25) is 4.79 Å². The Morgan fingerprint density at radius 2 is 1.71 bits per heavy atom. The highest BCUT2D eigenvalue weighted by Gasteiger charge is 2.30. The van der Waals surface area contributed by atoms with Crippen molar-refractivity contribution in [2.75, 3.05) is 7.05 Å². The molecule has 0 saturated heterocycles. The number of hydrogen-bond acceptors (Lipinski definition) is 1. The third kappa shape index (κ3) is 2.25. The summed E-state index contributed by atoms with van der Waals surface area (Å²) in [6.07, 6.45) is -4.36. The van der Waals surface area contributed by atoms with E-state index in [0.29, 0.717) is 0 Å². The molecule has 0 aromatic heterocycles. The molecule has 0 heterocycles. The molecule has 0 atom stereocenters. The van der Waals surface area contributed by atoms with Crippen molar-refractivity contribution in [3.8, 4) is 0 Å². The molecule has 0 unspecified atom stereocenters. The maximum atomic E-state index is 12.1. The molecule has 0 fully saturated rings. The van der Waals surface area contributed by atoms with Crippen molar-refractivity contribution in [1.29, 1.82) is 0 Å². The summed E-state index contributed by atoms with van der Waals surface area (Å²) in [4.78, 5) is 11.0. The maximum absolute atomic E-state index is 12.1. The van der Waals surface area contributed by atoms with Crippen molar-refractivity contribution < 1.29 is 18.0 Å². The molecule has 1 amide bonds. The smallest absolute Gasteiger partial charge is 0.355 e. The second kappa shape index (κ2) is 3.69. The summed E-state index contributed by atoms with van der Waals surface area (Å²) in [5.41, 5.74) is -0.550. The zero-order chi connectivity index (χ0) is 10.8. The number of nitrogens with one attached hydrogen (secondary N) is 1. The molecule has 0 radical (unpaired) electrons. The van der Waals surface area contributed by atoms with E-state index in [-0.39, 0.29) is 5.56 Å². The fourth-order valence-corrected chi connectivity index (χ4v) is 0.955. The second-order valence-corrected chi connectivity index (χ2v) is 2.65. The summed E-state index contributed by atoms with van der Waals surface area (Å²) in [5.74, 6) is -0.404. The fraction of sp³-hybridized carbons (Fsp3) is 0.222. The number of carbonyl (C=O) groups is 1. The summed E-state index contributed by atoms with van der Waals surface area (Å²) in [7, 11) is 1.42. The van der Waals surface area contributed by atoms with Gasteiger partial charge in [-0.2, -0.15) is 13.2 Å². The van der Waals surface area contributed by atoms with Gasteiger partial charge in [0.15, 0.2) is 0 Å². The first-order valence-corrected chi connectivity index (χ1v) is 3.84. The van der Waals surface area contributed by atoms with Crippen LogP contribution in [-0.2, 0) is 6.18 Å². The van der Waals surface area contributed by atoms with Gasteiger partial charge in [0, 0.05) is 12.6 Å². The Kier molecular flexibility index (Phi) is 2.78. The lowest BCUT2D eigenvalue weighted by molar-refractivity contribution is -0.137. The lowest BCUT2D eigenvalue weighted by Gasteiger charge is -2.06. The number of rotatable bonds is 1. The van der Waals surface area contributed by atoms with Crippen LogP contribution in [0.1, 0.15) is 15.9 Å². The molecule has 14 heavy (non-hydrogen) atoms. The molecule has 0 spiro atoms. The predicted molar refractivity (Wildman–Crippen MR) is 44.8 cm³/mol.